The van der Waals surface area contributed by atoms with Gasteiger partial charge in [0, 0.05) is 23.5 Å². The largest absolute Gasteiger partial charge is 0.496 e. The highest BCUT2D eigenvalue weighted by molar-refractivity contribution is 6.21. The second-order valence-electron chi connectivity index (χ2n) is 7.74. The Hall–Kier alpha value is -4.26. The summed E-state index contributed by atoms with van der Waals surface area (Å²) in [4.78, 5) is 8.22. The highest BCUT2D eigenvalue weighted by atomic mass is 16.5. The van der Waals surface area contributed by atoms with Gasteiger partial charge in [0.25, 0.3) is 0 Å². The van der Waals surface area contributed by atoms with Gasteiger partial charge in [-0.05, 0) is 32.9 Å². The van der Waals surface area contributed by atoms with E-state index in [0.717, 1.165) is 44.9 Å². The van der Waals surface area contributed by atoms with Crippen molar-refractivity contribution in [2.45, 2.75) is 26.9 Å². The van der Waals surface area contributed by atoms with Crippen LogP contribution in [0.3, 0.4) is 0 Å². The second kappa shape index (κ2) is 7.16. The molecule has 32 heavy (non-hydrogen) atoms. The topological polar surface area (TPSA) is 129 Å². The number of nitrogens with zero attached hydrogens (tertiary/aromatic N) is 5. The number of hydrogen-bond acceptors (Lipinski definition) is 8. The Morgan fingerprint density at radius 2 is 2.09 bits per heavy atom. The van der Waals surface area contributed by atoms with Gasteiger partial charge in [0.15, 0.2) is 0 Å². The van der Waals surface area contributed by atoms with E-state index in [2.05, 4.69) is 31.9 Å². The molecular weight excluding hydrogens is 408 g/mol. The van der Waals surface area contributed by atoms with Crippen LogP contribution in [0, 0.1) is 25.2 Å². The fourth-order valence-electron chi connectivity index (χ4n) is 4.18. The number of aliphatic imine (C=N–C) groups is 1. The van der Waals surface area contributed by atoms with E-state index in [1.165, 1.54) is 6.20 Å². The molecule has 0 spiro atoms. The molecule has 0 aliphatic carbocycles. The Labute approximate surface area is 183 Å². The first-order chi connectivity index (χ1) is 15.4. The van der Waals surface area contributed by atoms with Crippen LogP contribution in [-0.4, -0.2) is 39.0 Å². The number of rotatable bonds is 3. The number of aryl methyl sites for hydroxylation is 3. The van der Waals surface area contributed by atoms with E-state index in [1.807, 2.05) is 32.9 Å². The molecule has 3 aromatic heterocycles. The number of aromatic amines is 1. The van der Waals surface area contributed by atoms with E-state index in [4.69, 9.17) is 14.3 Å². The molecule has 162 valence electrons. The highest BCUT2D eigenvalue weighted by Crippen LogP contribution is 2.41. The number of nitrogens with one attached hydrogen (secondary N) is 3. The van der Waals surface area contributed by atoms with E-state index >= 15 is 0 Å². The lowest BCUT2D eigenvalue weighted by Gasteiger charge is -2.21. The van der Waals surface area contributed by atoms with Crippen molar-refractivity contribution >= 4 is 28.4 Å². The van der Waals surface area contributed by atoms with Gasteiger partial charge in [0.1, 0.15) is 46.8 Å². The van der Waals surface area contributed by atoms with Crippen LogP contribution in [-0.2, 0) is 7.05 Å². The Kier molecular flexibility index (Phi) is 4.41. The van der Waals surface area contributed by atoms with Gasteiger partial charge in [0.05, 0.1) is 30.1 Å². The zero-order valence-corrected chi connectivity index (χ0v) is 18.4. The van der Waals surface area contributed by atoms with Crippen molar-refractivity contribution in [2.24, 2.45) is 12.0 Å². The molecule has 0 fully saturated rings. The van der Waals surface area contributed by atoms with Crippen molar-refractivity contribution < 1.29 is 9.26 Å². The van der Waals surface area contributed by atoms with Crippen LogP contribution in [0.25, 0.3) is 22.0 Å². The summed E-state index contributed by atoms with van der Waals surface area (Å²) in [6, 6.07) is 6.18. The van der Waals surface area contributed by atoms with Crippen LogP contribution in [0.4, 0.5) is 11.6 Å². The molecule has 1 aliphatic heterocycles. The summed E-state index contributed by atoms with van der Waals surface area (Å²) < 4.78 is 12.7. The minimum atomic E-state index is -0.166. The van der Waals surface area contributed by atoms with Gasteiger partial charge in [0.2, 0.25) is 0 Å². The Balaban J connectivity index is 1.69. The van der Waals surface area contributed by atoms with Gasteiger partial charge in [-0.1, -0.05) is 5.16 Å². The van der Waals surface area contributed by atoms with Crippen molar-refractivity contribution in [2.75, 3.05) is 17.7 Å². The summed E-state index contributed by atoms with van der Waals surface area (Å²) in [5.41, 5.74) is 4.83. The molecule has 0 saturated carbocycles. The van der Waals surface area contributed by atoms with Crippen LogP contribution >= 0.6 is 0 Å². The number of hydrogen-bond donors (Lipinski definition) is 3. The number of benzene rings is 1. The number of aromatic nitrogens is 4. The summed E-state index contributed by atoms with van der Waals surface area (Å²) >= 11 is 0. The maximum Gasteiger partial charge on any atom is 0.147 e. The third-order valence-corrected chi connectivity index (χ3v) is 5.63. The molecule has 10 nitrogen and oxygen atoms in total. The molecule has 0 bridgehead atoms. The molecule has 1 aliphatic rings. The SMILES string of the molecule is COc1cc2c3c([nH]c2cc1-c1c(C)noc1C)NC(C)N=C3Nc1c(C#N)cnn1C. The molecule has 10 heteroatoms. The lowest BCUT2D eigenvalue weighted by Crippen LogP contribution is -2.28. The number of amidine groups is 1. The van der Waals surface area contributed by atoms with Gasteiger partial charge >= 0.3 is 0 Å². The molecule has 1 aromatic carbocycles. The quantitative estimate of drug-likeness (QED) is 0.452. The first kappa shape index (κ1) is 19.7. The monoisotopic (exact) mass is 430 g/mol. The van der Waals surface area contributed by atoms with Crippen molar-refractivity contribution in [3.63, 3.8) is 0 Å². The predicted molar refractivity (Wildman–Crippen MR) is 121 cm³/mol. The van der Waals surface area contributed by atoms with Gasteiger partial charge in [-0.2, -0.15) is 10.4 Å². The maximum atomic E-state index is 9.44. The Morgan fingerprint density at radius 1 is 1.28 bits per heavy atom. The lowest BCUT2D eigenvalue weighted by atomic mass is 10.00. The first-order valence-electron chi connectivity index (χ1n) is 10.1. The van der Waals surface area contributed by atoms with E-state index in [-0.39, 0.29) is 6.17 Å². The predicted octanol–water partition coefficient (Wildman–Crippen LogP) is 3.68. The van der Waals surface area contributed by atoms with Gasteiger partial charge in [-0.25, -0.2) is 4.99 Å². The van der Waals surface area contributed by atoms with Crippen LogP contribution in [0.2, 0.25) is 0 Å². The van der Waals surface area contributed by atoms with E-state index in [9.17, 15) is 5.26 Å². The number of nitriles is 1. The minimum absolute atomic E-state index is 0.166. The van der Waals surface area contributed by atoms with Crippen LogP contribution in [0.15, 0.2) is 27.8 Å². The van der Waals surface area contributed by atoms with E-state index < -0.39 is 0 Å². The van der Waals surface area contributed by atoms with Crippen molar-refractivity contribution in [3.8, 4) is 22.9 Å². The fraction of sp³-hybridized carbons (Fsp3) is 0.273. The van der Waals surface area contributed by atoms with Gasteiger partial charge in [-0.15, -0.1) is 0 Å². The summed E-state index contributed by atoms with van der Waals surface area (Å²) in [6.45, 7) is 5.76. The van der Waals surface area contributed by atoms with Crippen molar-refractivity contribution in [1.82, 2.24) is 19.9 Å². The summed E-state index contributed by atoms with van der Waals surface area (Å²) in [5, 5.41) is 25.3. The molecule has 1 atom stereocenters. The fourth-order valence-corrected chi connectivity index (χ4v) is 4.18. The summed E-state index contributed by atoms with van der Waals surface area (Å²) in [5.74, 6) is 3.49. The average Bonchev–Trinajstić information content (AvgIpc) is 3.41. The molecule has 0 saturated heterocycles. The zero-order valence-electron chi connectivity index (χ0n) is 18.4. The van der Waals surface area contributed by atoms with Crippen LogP contribution < -0.4 is 15.4 Å². The third kappa shape index (κ3) is 2.90. The number of fused-ring (bicyclic) bond motifs is 3. The standard InChI is InChI=1S/C22H22N8O2/c1-10-18(11(2)32-29-10)15-6-16-14(7-17(15)31-5)19-20(27-16)25-12(3)26-21(19)28-22-13(8-23)9-24-30(22)4/h6-7,9,12,25,27H,1-5H3,(H,26,28). The molecule has 4 heterocycles. The van der Waals surface area contributed by atoms with Gasteiger partial charge in [-0.3, -0.25) is 4.68 Å². The highest BCUT2D eigenvalue weighted by Gasteiger charge is 2.27. The number of ether oxygens (including phenoxy) is 1. The molecule has 3 N–H and O–H groups in total. The van der Waals surface area contributed by atoms with Crippen LogP contribution in [0.5, 0.6) is 5.75 Å². The molecular formula is C22H22N8O2. The molecule has 0 amide bonds. The second-order valence-corrected chi connectivity index (χ2v) is 7.74. The zero-order chi connectivity index (χ0) is 22.6. The van der Waals surface area contributed by atoms with Crippen molar-refractivity contribution in [1.29, 1.82) is 5.26 Å². The minimum Gasteiger partial charge on any atom is -0.496 e. The normalized spacial score (nSPS) is 15.1. The molecule has 1 unspecified atom stereocenters. The van der Waals surface area contributed by atoms with E-state index in [1.54, 1.807) is 18.8 Å². The van der Waals surface area contributed by atoms with E-state index in [0.29, 0.717) is 23.0 Å². The maximum absolute atomic E-state index is 9.44. The van der Waals surface area contributed by atoms with Crippen molar-refractivity contribution in [3.05, 3.63) is 40.9 Å². The Morgan fingerprint density at radius 3 is 2.78 bits per heavy atom. The number of H-pyrrole nitrogens is 1. The average molecular weight is 430 g/mol. The third-order valence-electron chi connectivity index (χ3n) is 5.63. The van der Waals surface area contributed by atoms with Gasteiger partial charge < -0.3 is 24.9 Å². The first-order valence-corrected chi connectivity index (χ1v) is 10.1. The lowest BCUT2D eigenvalue weighted by molar-refractivity contribution is 0.393. The molecule has 0 radical (unpaired) electrons. The van der Waals surface area contributed by atoms with Crippen LogP contribution in [0.1, 0.15) is 29.5 Å². The summed E-state index contributed by atoms with van der Waals surface area (Å²) in [7, 11) is 3.42. The summed E-state index contributed by atoms with van der Waals surface area (Å²) in [6.07, 6.45) is 1.36. The Bertz CT molecular complexity index is 1410. The molecule has 4 aromatic rings. The number of methoxy groups -OCH3 is 1. The smallest absolute Gasteiger partial charge is 0.147 e. The number of anilines is 2. The molecule has 5 rings (SSSR count).